The van der Waals surface area contributed by atoms with Gasteiger partial charge in [-0.05, 0) is 139 Å². The average Bonchev–Trinajstić information content (AvgIpc) is 4.06. The molecule has 0 heterocycles. The first kappa shape index (κ1) is 110. The van der Waals surface area contributed by atoms with Gasteiger partial charge in [-0.3, -0.25) is 0 Å². The van der Waals surface area contributed by atoms with E-state index in [2.05, 4.69) is 163 Å². The monoisotopic (exact) mass is 1450 g/mol. The van der Waals surface area contributed by atoms with Crippen molar-refractivity contribution in [3.8, 4) is 44.5 Å². The van der Waals surface area contributed by atoms with Crippen molar-refractivity contribution in [1.29, 1.82) is 0 Å². The van der Waals surface area contributed by atoms with Gasteiger partial charge in [0.1, 0.15) is 0 Å². The van der Waals surface area contributed by atoms with Crippen LogP contribution in [0.1, 0.15) is 219 Å². The summed E-state index contributed by atoms with van der Waals surface area (Å²) in [5.74, 6) is 0. The summed E-state index contributed by atoms with van der Waals surface area (Å²) in [6.45, 7) is 32.8. The van der Waals surface area contributed by atoms with Gasteiger partial charge in [-0.15, -0.1) is 0 Å². The molecule has 0 aromatic heterocycles. The molecule has 400 valence electrons. The molecule has 0 saturated heterocycles. The Hall–Kier alpha value is 1.94. The van der Waals surface area contributed by atoms with Crippen molar-refractivity contribution in [2.45, 2.75) is 200 Å². The first-order valence-electron chi connectivity index (χ1n) is 23.7. The van der Waals surface area contributed by atoms with Gasteiger partial charge in [0.05, 0.1) is 0 Å². The summed E-state index contributed by atoms with van der Waals surface area (Å²) < 4.78 is 0. The summed E-state index contributed by atoms with van der Waals surface area (Å²) in [7, 11) is 0. The molecule has 6 aromatic rings. The van der Waals surface area contributed by atoms with Crippen molar-refractivity contribution < 1.29 is 196 Å². The normalized spacial score (nSPS) is 8.60. The Morgan fingerprint density at radius 3 is 0.493 bits per heavy atom. The van der Waals surface area contributed by atoms with Crippen molar-refractivity contribution in [1.82, 2.24) is 0 Å². The Labute approximate surface area is 611 Å². The minimum Gasteiger partial charge on any atom is -0.358 e. The van der Waals surface area contributed by atoms with E-state index in [1.165, 1.54) is 108 Å². The molecule has 73 heavy (non-hydrogen) atoms. The van der Waals surface area contributed by atoms with Gasteiger partial charge in [-0.25, -0.2) is 0 Å². The first-order chi connectivity index (χ1) is 29.0. The standard InChI is InChI=1S/2C20H14.3C3H8.5C2H6.6CH4.2CH3.6Y/c2*1-3-7-17-13(5-1)9-15-11-20-16(12-19(15)17)10-14-6-2-4-8-18(14)20;3*1-3-2;5*1-2;;;;;;;;;;;;;;/h2*1-8,11-12H,9-10H2;3*3H2,1-2H3;5*1-2H3;6*1H4;2*1H3;;;;;;/q;;;;;;;;;;;;;;;;2*-1;;;;;;. The van der Waals surface area contributed by atoms with Gasteiger partial charge < -0.3 is 14.9 Å². The van der Waals surface area contributed by atoms with Gasteiger partial charge in [0.15, 0.2) is 0 Å². The van der Waals surface area contributed by atoms with Gasteiger partial charge in [-0.2, -0.15) is 0 Å². The van der Waals surface area contributed by atoms with Crippen LogP contribution < -0.4 is 0 Å². The zero-order valence-electron chi connectivity index (χ0n) is 46.0. The topological polar surface area (TPSA) is 0 Å². The van der Waals surface area contributed by atoms with Gasteiger partial charge in [-0.1, -0.05) is 272 Å². The second-order valence-corrected chi connectivity index (χ2v) is 13.8. The predicted molar refractivity (Wildman–Crippen MR) is 324 cm³/mol. The van der Waals surface area contributed by atoms with E-state index in [0.29, 0.717) is 0 Å². The number of benzene rings is 6. The maximum Gasteiger partial charge on any atom is 0 e. The molecule has 4 aliphatic carbocycles. The van der Waals surface area contributed by atoms with E-state index in [-0.39, 0.29) is 256 Å². The van der Waals surface area contributed by atoms with Gasteiger partial charge >= 0.3 is 0 Å². The minimum atomic E-state index is 0. The van der Waals surface area contributed by atoms with Crippen molar-refractivity contribution in [3.63, 3.8) is 0 Å². The van der Waals surface area contributed by atoms with Crippen LogP contribution in [0.2, 0.25) is 0 Å². The van der Waals surface area contributed by atoms with Crippen LogP contribution in [-0.2, 0) is 222 Å². The van der Waals surface area contributed by atoms with Crippen molar-refractivity contribution in [2.75, 3.05) is 0 Å². The Morgan fingerprint density at radius 1 is 0.233 bits per heavy atom. The van der Waals surface area contributed by atoms with E-state index >= 15 is 0 Å². The fraction of sp³-hybridized carbons (Fsp3) is 0.433. The van der Waals surface area contributed by atoms with Crippen LogP contribution in [0.15, 0.2) is 121 Å². The second kappa shape index (κ2) is 66.5. The minimum absolute atomic E-state index is 0. The molecule has 4 aliphatic rings. The van der Waals surface area contributed by atoms with Crippen LogP contribution in [0.4, 0.5) is 0 Å². The third-order valence-corrected chi connectivity index (χ3v) is 9.41. The number of fused-ring (bicyclic) bond motifs is 12. The van der Waals surface area contributed by atoms with Crippen LogP contribution in [-0.4, -0.2) is 0 Å². The van der Waals surface area contributed by atoms with Crippen molar-refractivity contribution in [2.24, 2.45) is 0 Å². The zero-order valence-corrected chi connectivity index (χ0v) is 63.0. The van der Waals surface area contributed by atoms with Crippen LogP contribution in [0, 0.1) is 14.9 Å². The van der Waals surface area contributed by atoms with Crippen LogP contribution in [0.5, 0.6) is 0 Å². The molecular formula is C67H112Y6-2. The molecule has 0 fully saturated rings. The number of hydrogen-bond acceptors (Lipinski definition) is 0. The Bertz CT molecular complexity index is 1790. The van der Waals surface area contributed by atoms with E-state index in [1.54, 1.807) is 0 Å². The molecular weight excluding hydrogens is 1340 g/mol. The Balaban J connectivity index is -0.0000000522. The molecule has 0 spiro atoms. The summed E-state index contributed by atoms with van der Waals surface area (Å²) >= 11 is 0. The largest absolute Gasteiger partial charge is 0.358 e. The van der Waals surface area contributed by atoms with E-state index in [9.17, 15) is 0 Å². The molecule has 0 aliphatic heterocycles. The molecule has 6 heteroatoms. The predicted octanol–water partition coefficient (Wildman–Crippen LogP) is 23.7. The smallest absolute Gasteiger partial charge is 0 e. The molecule has 0 amide bonds. The van der Waals surface area contributed by atoms with E-state index in [1.807, 2.05) is 69.2 Å². The number of rotatable bonds is 0. The third kappa shape index (κ3) is 31.7. The summed E-state index contributed by atoms with van der Waals surface area (Å²) in [5.41, 5.74) is 23.4. The maximum atomic E-state index is 2.43. The van der Waals surface area contributed by atoms with Gasteiger partial charge in [0, 0.05) is 196 Å². The SMILES string of the molecule is C.C.C.C.C.C.CC.CC.CC.CC.CC.CCC.CCC.CCC.[CH3-].[CH3-].[Y].[Y].[Y].[Y].[Y].[Y].c1ccc2c(c1)Cc1cc3c(cc1-2)Cc1ccccc1-3.c1ccc2c(c1)Cc1cc3c(cc1-2)Cc1ccccc1-3. The van der Waals surface area contributed by atoms with E-state index in [0.717, 1.165) is 25.7 Å². The fourth-order valence-electron chi connectivity index (χ4n) is 7.54. The van der Waals surface area contributed by atoms with Gasteiger partial charge in [0.2, 0.25) is 0 Å². The zero-order chi connectivity index (χ0) is 44.3. The van der Waals surface area contributed by atoms with Crippen LogP contribution >= 0.6 is 0 Å². The quantitative estimate of drug-likeness (QED) is 0.133. The molecule has 0 unspecified atom stereocenters. The van der Waals surface area contributed by atoms with E-state index < -0.39 is 0 Å². The second-order valence-electron chi connectivity index (χ2n) is 13.8. The Morgan fingerprint density at radius 2 is 0.356 bits per heavy atom. The first-order valence-corrected chi connectivity index (χ1v) is 23.7. The maximum absolute atomic E-state index is 2.43. The van der Waals surface area contributed by atoms with Crippen LogP contribution in [0.3, 0.4) is 0 Å². The Kier molecular flexibility index (Phi) is 100. The van der Waals surface area contributed by atoms with Gasteiger partial charge in [0.25, 0.3) is 0 Å². The third-order valence-electron chi connectivity index (χ3n) is 9.41. The molecule has 0 atom stereocenters. The van der Waals surface area contributed by atoms with E-state index in [4.69, 9.17) is 0 Å². The van der Waals surface area contributed by atoms with Crippen molar-refractivity contribution in [3.05, 3.63) is 181 Å². The molecule has 0 bridgehead atoms. The fourth-order valence-corrected chi connectivity index (χ4v) is 7.54. The molecule has 0 N–H and O–H groups in total. The van der Waals surface area contributed by atoms with Crippen LogP contribution in [0.25, 0.3) is 44.5 Å². The van der Waals surface area contributed by atoms with Crippen molar-refractivity contribution >= 4 is 0 Å². The molecule has 6 radical (unpaired) electrons. The molecule has 0 saturated carbocycles. The number of hydrogen-bond donors (Lipinski definition) is 0. The summed E-state index contributed by atoms with van der Waals surface area (Å²) in [4.78, 5) is 0. The molecule has 6 aromatic carbocycles. The molecule has 10 rings (SSSR count). The summed E-state index contributed by atoms with van der Waals surface area (Å²) in [6.07, 6.45) is 8.09. The molecule has 0 nitrogen and oxygen atoms in total. The summed E-state index contributed by atoms with van der Waals surface area (Å²) in [6, 6.07) is 45.0. The average molecular weight is 1450 g/mol. The summed E-state index contributed by atoms with van der Waals surface area (Å²) in [5, 5.41) is 0.